The number of aryl methyl sites for hydroxylation is 6. The molecule has 142 valence electrons. The maximum atomic E-state index is 4.49. The molecule has 0 aliphatic carbocycles. The average molecular weight is 372 g/mol. The number of hydrogen-bond acceptors (Lipinski definition) is 4. The molecule has 2 aromatic carbocycles. The zero-order chi connectivity index (χ0) is 20.0. The molecule has 0 N–H and O–H groups in total. The number of nitrogens with zero attached hydrogens (tertiary/aromatic N) is 6. The van der Waals surface area contributed by atoms with E-state index in [1.165, 1.54) is 22.3 Å². The molecule has 28 heavy (non-hydrogen) atoms. The van der Waals surface area contributed by atoms with Gasteiger partial charge in [0.15, 0.2) is 0 Å². The Bertz CT molecular complexity index is 1090. The van der Waals surface area contributed by atoms with E-state index < -0.39 is 0 Å². The van der Waals surface area contributed by atoms with Crippen LogP contribution in [-0.4, -0.2) is 29.5 Å². The van der Waals surface area contributed by atoms with Gasteiger partial charge < -0.3 is 0 Å². The van der Waals surface area contributed by atoms with Crippen LogP contribution in [0, 0.1) is 41.5 Å². The largest absolute Gasteiger partial charge is 0.218 e. The van der Waals surface area contributed by atoms with Gasteiger partial charge in [-0.3, -0.25) is 0 Å². The third kappa shape index (κ3) is 3.11. The van der Waals surface area contributed by atoms with Crippen LogP contribution in [0.2, 0.25) is 0 Å². The van der Waals surface area contributed by atoms with Gasteiger partial charge in [-0.15, -0.1) is 0 Å². The molecule has 6 nitrogen and oxygen atoms in total. The summed E-state index contributed by atoms with van der Waals surface area (Å²) in [5, 5.41) is 8.97. The highest BCUT2D eigenvalue weighted by Crippen LogP contribution is 2.30. The fraction of sp³-hybridized carbons (Fsp3) is 0.273. The van der Waals surface area contributed by atoms with Gasteiger partial charge in [0.25, 0.3) is 0 Å². The van der Waals surface area contributed by atoms with E-state index in [-0.39, 0.29) is 0 Å². The SMILES string of the molecule is Cc1nc(C)n(-c2ccc(-c3ccc(-n4nc(C)nc4C)cc3C)c(C)c2)n1. The van der Waals surface area contributed by atoms with Crippen molar-refractivity contribution in [3.05, 3.63) is 70.8 Å². The molecule has 0 aliphatic rings. The zero-order valence-corrected chi connectivity index (χ0v) is 17.1. The van der Waals surface area contributed by atoms with E-state index >= 15 is 0 Å². The molecular weight excluding hydrogens is 348 g/mol. The molecule has 2 aromatic heterocycles. The summed E-state index contributed by atoms with van der Waals surface area (Å²) >= 11 is 0. The smallest absolute Gasteiger partial charge is 0.148 e. The maximum Gasteiger partial charge on any atom is 0.148 e. The second-order valence-corrected chi connectivity index (χ2v) is 7.23. The molecule has 4 aromatic rings. The van der Waals surface area contributed by atoms with E-state index in [4.69, 9.17) is 0 Å². The van der Waals surface area contributed by atoms with Gasteiger partial charge in [-0.25, -0.2) is 19.3 Å². The van der Waals surface area contributed by atoms with Crippen molar-refractivity contribution in [3.8, 4) is 22.5 Å². The highest BCUT2D eigenvalue weighted by atomic mass is 15.4. The quantitative estimate of drug-likeness (QED) is 0.536. The van der Waals surface area contributed by atoms with Gasteiger partial charge >= 0.3 is 0 Å². The van der Waals surface area contributed by atoms with Gasteiger partial charge in [0, 0.05) is 0 Å². The van der Waals surface area contributed by atoms with Crippen molar-refractivity contribution in [3.63, 3.8) is 0 Å². The van der Waals surface area contributed by atoms with Gasteiger partial charge in [0.1, 0.15) is 23.3 Å². The van der Waals surface area contributed by atoms with Crippen LogP contribution in [0.3, 0.4) is 0 Å². The zero-order valence-electron chi connectivity index (χ0n) is 17.1. The Morgan fingerprint density at radius 2 is 0.964 bits per heavy atom. The van der Waals surface area contributed by atoms with Crippen molar-refractivity contribution < 1.29 is 0 Å². The molecule has 2 heterocycles. The molecule has 6 heteroatoms. The Labute approximate surface area is 164 Å². The molecule has 0 amide bonds. The van der Waals surface area contributed by atoms with Crippen molar-refractivity contribution in [1.29, 1.82) is 0 Å². The third-order valence-electron chi connectivity index (χ3n) is 4.95. The van der Waals surface area contributed by atoms with Crippen molar-refractivity contribution in [2.75, 3.05) is 0 Å². The Morgan fingerprint density at radius 3 is 1.25 bits per heavy atom. The summed E-state index contributed by atoms with van der Waals surface area (Å²) < 4.78 is 3.77. The lowest BCUT2D eigenvalue weighted by Gasteiger charge is -2.13. The van der Waals surface area contributed by atoms with Crippen molar-refractivity contribution in [2.45, 2.75) is 41.5 Å². The minimum atomic E-state index is 0.782. The Hall–Kier alpha value is -3.28. The lowest BCUT2D eigenvalue weighted by atomic mass is 9.96. The lowest BCUT2D eigenvalue weighted by molar-refractivity contribution is 0.829. The molecule has 0 bridgehead atoms. The Balaban J connectivity index is 1.73. The first kappa shape index (κ1) is 18.1. The molecule has 0 saturated heterocycles. The van der Waals surface area contributed by atoms with Crippen LogP contribution < -0.4 is 0 Å². The first-order valence-electron chi connectivity index (χ1n) is 9.36. The lowest BCUT2D eigenvalue weighted by Crippen LogP contribution is -2.02. The first-order chi connectivity index (χ1) is 13.3. The van der Waals surface area contributed by atoms with E-state index in [9.17, 15) is 0 Å². The molecule has 0 spiro atoms. The van der Waals surface area contributed by atoms with Crippen LogP contribution in [0.15, 0.2) is 36.4 Å². The summed E-state index contributed by atoms with van der Waals surface area (Å²) in [5.74, 6) is 3.35. The molecule has 4 rings (SSSR count). The maximum absolute atomic E-state index is 4.49. The number of aromatic nitrogens is 6. The second kappa shape index (κ2) is 6.71. The highest BCUT2D eigenvalue weighted by Gasteiger charge is 2.12. The van der Waals surface area contributed by atoms with Gasteiger partial charge in [-0.05, 0) is 88.1 Å². The number of rotatable bonds is 3. The van der Waals surface area contributed by atoms with E-state index in [0.717, 1.165) is 34.7 Å². The summed E-state index contributed by atoms with van der Waals surface area (Å²) in [4.78, 5) is 8.80. The fourth-order valence-corrected chi connectivity index (χ4v) is 3.69. The van der Waals surface area contributed by atoms with Gasteiger partial charge in [0.05, 0.1) is 11.4 Å². The van der Waals surface area contributed by atoms with E-state index in [1.54, 1.807) is 0 Å². The normalized spacial score (nSPS) is 11.2. The highest BCUT2D eigenvalue weighted by molar-refractivity contribution is 5.72. The van der Waals surface area contributed by atoms with E-state index in [0.29, 0.717) is 0 Å². The molecule has 0 unspecified atom stereocenters. The Morgan fingerprint density at radius 1 is 0.571 bits per heavy atom. The topological polar surface area (TPSA) is 61.4 Å². The minimum Gasteiger partial charge on any atom is -0.218 e. The minimum absolute atomic E-state index is 0.782. The van der Waals surface area contributed by atoms with Crippen LogP contribution in [0.1, 0.15) is 34.4 Å². The molecule has 0 atom stereocenters. The molecular formula is C22H24N6. The Kier molecular flexibility index (Phi) is 4.34. The summed E-state index contributed by atoms with van der Waals surface area (Å²) in [6.07, 6.45) is 0. The van der Waals surface area contributed by atoms with Crippen LogP contribution in [0.25, 0.3) is 22.5 Å². The summed E-state index contributed by atoms with van der Waals surface area (Å²) in [7, 11) is 0. The van der Waals surface area contributed by atoms with Gasteiger partial charge in [0.2, 0.25) is 0 Å². The number of benzene rings is 2. The van der Waals surface area contributed by atoms with Crippen LogP contribution in [-0.2, 0) is 0 Å². The predicted molar refractivity (Wildman–Crippen MR) is 110 cm³/mol. The summed E-state index contributed by atoms with van der Waals surface area (Å²) in [6.45, 7) is 12.0. The standard InChI is InChI=1S/C22H24N6/c1-13-11-19(27-17(5)23-15(3)25-27)7-9-21(13)22-10-8-20(12-14(22)2)28-18(6)24-16(4)26-28/h7-12H,1-6H3. The van der Waals surface area contributed by atoms with Crippen LogP contribution in [0.5, 0.6) is 0 Å². The molecule has 0 saturated carbocycles. The average Bonchev–Trinajstić information content (AvgIpc) is 3.15. The third-order valence-corrected chi connectivity index (χ3v) is 4.95. The van der Waals surface area contributed by atoms with Crippen molar-refractivity contribution in [2.24, 2.45) is 0 Å². The van der Waals surface area contributed by atoms with Crippen molar-refractivity contribution >= 4 is 0 Å². The summed E-state index contributed by atoms with van der Waals surface area (Å²) in [5.41, 5.74) is 6.90. The van der Waals surface area contributed by atoms with Crippen molar-refractivity contribution in [1.82, 2.24) is 29.5 Å². The van der Waals surface area contributed by atoms with Crippen LogP contribution in [0.4, 0.5) is 0 Å². The first-order valence-corrected chi connectivity index (χ1v) is 9.36. The van der Waals surface area contributed by atoms with Gasteiger partial charge in [-0.1, -0.05) is 12.1 Å². The fourth-order valence-electron chi connectivity index (χ4n) is 3.69. The van der Waals surface area contributed by atoms with Crippen LogP contribution >= 0.6 is 0 Å². The molecule has 0 fully saturated rings. The predicted octanol–water partition coefficient (Wildman–Crippen LogP) is 4.37. The summed E-state index contributed by atoms with van der Waals surface area (Å²) in [6, 6.07) is 12.8. The monoisotopic (exact) mass is 372 g/mol. The second-order valence-electron chi connectivity index (χ2n) is 7.23. The molecule has 0 radical (unpaired) electrons. The number of hydrogen-bond donors (Lipinski definition) is 0. The van der Waals surface area contributed by atoms with E-state index in [2.05, 4.69) is 70.4 Å². The van der Waals surface area contributed by atoms with Gasteiger partial charge in [-0.2, -0.15) is 10.2 Å². The van der Waals surface area contributed by atoms with E-state index in [1.807, 2.05) is 37.1 Å². The molecule has 0 aliphatic heterocycles.